The lowest BCUT2D eigenvalue weighted by Crippen LogP contribution is -2.21. The Bertz CT molecular complexity index is 489. The summed E-state index contributed by atoms with van der Waals surface area (Å²) in [6.45, 7) is 0. The van der Waals surface area contributed by atoms with Crippen molar-refractivity contribution in [1.29, 1.82) is 10.7 Å². The van der Waals surface area contributed by atoms with Gasteiger partial charge in [-0.15, -0.1) is 0 Å². The maximum absolute atomic E-state index is 9.36. The second-order valence-corrected chi connectivity index (χ2v) is 2.80. The fourth-order valence-corrected chi connectivity index (χ4v) is 0.876. The van der Waals surface area contributed by atoms with Crippen LogP contribution in [-0.2, 0) is 0 Å². The minimum atomic E-state index is -0.478. The summed E-state index contributed by atoms with van der Waals surface area (Å²) >= 11 is 0. The lowest BCUT2D eigenvalue weighted by molar-refractivity contribution is 0.452. The van der Waals surface area contributed by atoms with Crippen molar-refractivity contribution in [1.82, 2.24) is 0 Å². The molecule has 1 aromatic rings. The standard InChI is InChI=1S/C9H9N5O2/c10-4-7(9(11)12)14-13-6-2-1-5(15)3-8(6)16/h1-3,13,15-16H,(H3,11,12)/b14-7+. The van der Waals surface area contributed by atoms with Crippen LogP contribution in [0.5, 0.6) is 11.5 Å². The maximum atomic E-state index is 9.36. The van der Waals surface area contributed by atoms with Crippen molar-refractivity contribution in [3.8, 4) is 17.6 Å². The topological polar surface area (TPSA) is 139 Å². The van der Waals surface area contributed by atoms with E-state index in [-0.39, 0.29) is 22.9 Å². The molecule has 0 fully saturated rings. The molecule has 0 aliphatic rings. The van der Waals surface area contributed by atoms with Crippen LogP contribution in [0.4, 0.5) is 5.69 Å². The number of phenolic OH excluding ortho intramolecular Hbond substituents is 2. The molecule has 0 aliphatic carbocycles. The van der Waals surface area contributed by atoms with E-state index in [9.17, 15) is 5.11 Å². The molecule has 0 spiro atoms. The molecule has 7 nitrogen and oxygen atoms in total. The number of benzene rings is 1. The molecule has 82 valence electrons. The van der Waals surface area contributed by atoms with Gasteiger partial charge in [-0.2, -0.15) is 10.4 Å². The van der Waals surface area contributed by atoms with Crippen LogP contribution in [0, 0.1) is 16.7 Å². The zero-order valence-electron chi connectivity index (χ0n) is 8.10. The molecule has 0 radical (unpaired) electrons. The first-order valence-electron chi connectivity index (χ1n) is 4.14. The highest BCUT2D eigenvalue weighted by Gasteiger charge is 2.03. The van der Waals surface area contributed by atoms with E-state index in [2.05, 4.69) is 10.5 Å². The Hall–Kier alpha value is -2.75. The number of anilines is 1. The average molecular weight is 219 g/mol. The normalized spacial score (nSPS) is 10.6. The molecule has 1 aromatic carbocycles. The maximum Gasteiger partial charge on any atom is 0.201 e. The highest BCUT2D eigenvalue weighted by Crippen LogP contribution is 2.26. The van der Waals surface area contributed by atoms with E-state index in [1.807, 2.05) is 0 Å². The van der Waals surface area contributed by atoms with Gasteiger partial charge in [-0.3, -0.25) is 10.8 Å². The molecule has 16 heavy (non-hydrogen) atoms. The molecule has 0 aliphatic heterocycles. The van der Waals surface area contributed by atoms with Crippen molar-refractivity contribution < 1.29 is 10.2 Å². The zero-order valence-corrected chi connectivity index (χ0v) is 8.10. The van der Waals surface area contributed by atoms with E-state index in [4.69, 9.17) is 21.5 Å². The van der Waals surface area contributed by atoms with Crippen LogP contribution >= 0.6 is 0 Å². The van der Waals surface area contributed by atoms with Crippen molar-refractivity contribution >= 4 is 17.2 Å². The number of nitrogens with two attached hydrogens (primary N) is 1. The summed E-state index contributed by atoms with van der Waals surface area (Å²) in [6.07, 6.45) is 0. The van der Waals surface area contributed by atoms with Crippen molar-refractivity contribution in [2.24, 2.45) is 10.8 Å². The van der Waals surface area contributed by atoms with Gasteiger partial charge in [-0.25, -0.2) is 0 Å². The third-order valence-electron chi connectivity index (χ3n) is 1.63. The third-order valence-corrected chi connectivity index (χ3v) is 1.63. The van der Waals surface area contributed by atoms with Gasteiger partial charge < -0.3 is 15.9 Å². The third kappa shape index (κ3) is 2.62. The van der Waals surface area contributed by atoms with Crippen molar-refractivity contribution in [3.63, 3.8) is 0 Å². The van der Waals surface area contributed by atoms with Gasteiger partial charge in [0.25, 0.3) is 0 Å². The predicted octanol–water partition coefficient (Wildman–Crippen LogP) is 0.325. The quantitative estimate of drug-likeness (QED) is 0.164. The minimum Gasteiger partial charge on any atom is -0.508 e. The first-order chi connectivity index (χ1) is 7.54. The van der Waals surface area contributed by atoms with Crippen LogP contribution in [0.1, 0.15) is 0 Å². The van der Waals surface area contributed by atoms with E-state index in [1.54, 1.807) is 6.07 Å². The second-order valence-electron chi connectivity index (χ2n) is 2.80. The van der Waals surface area contributed by atoms with Crippen LogP contribution < -0.4 is 11.2 Å². The molecule has 0 unspecified atom stereocenters. The SMILES string of the molecule is N#C/C(=N\Nc1ccc(O)cc1O)C(=N)N. The highest BCUT2D eigenvalue weighted by atomic mass is 16.3. The van der Waals surface area contributed by atoms with Crippen LogP contribution in [-0.4, -0.2) is 21.8 Å². The minimum absolute atomic E-state index is 0.0981. The van der Waals surface area contributed by atoms with E-state index >= 15 is 0 Å². The van der Waals surface area contributed by atoms with Gasteiger partial charge >= 0.3 is 0 Å². The summed E-state index contributed by atoms with van der Waals surface area (Å²) in [7, 11) is 0. The van der Waals surface area contributed by atoms with E-state index < -0.39 is 5.84 Å². The Labute approximate surface area is 90.9 Å². The number of hydrogen-bond donors (Lipinski definition) is 5. The summed E-state index contributed by atoms with van der Waals surface area (Å²) in [6, 6.07) is 5.41. The first kappa shape index (κ1) is 11.3. The predicted molar refractivity (Wildman–Crippen MR) is 58.4 cm³/mol. The first-order valence-corrected chi connectivity index (χ1v) is 4.14. The van der Waals surface area contributed by atoms with Crippen LogP contribution in [0.15, 0.2) is 23.3 Å². The molecule has 0 amide bonds. The van der Waals surface area contributed by atoms with Crippen LogP contribution in [0.2, 0.25) is 0 Å². The number of nitrogens with zero attached hydrogens (tertiary/aromatic N) is 2. The fraction of sp³-hybridized carbons (Fsp3) is 0. The largest absolute Gasteiger partial charge is 0.508 e. The molecule has 7 heteroatoms. The average Bonchev–Trinajstić information content (AvgIpc) is 2.21. The summed E-state index contributed by atoms with van der Waals surface area (Å²) in [5.41, 5.74) is 7.31. The lowest BCUT2D eigenvalue weighted by atomic mass is 10.3. The van der Waals surface area contributed by atoms with Crippen molar-refractivity contribution in [3.05, 3.63) is 18.2 Å². The Morgan fingerprint density at radius 2 is 2.19 bits per heavy atom. The summed E-state index contributed by atoms with van der Waals surface area (Å²) in [4.78, 5) is 0. The molecule has 0 atom stereocenters. The highest BCUT2D eigenvalue weighted by molar-refractivity contribution is 6.45. The van der Waals surface area contributed by atoms with E-state index in [0.29, 0.717) is 0 Å². The number of phenols is 2. The smallest absolute Gasteiger partial charge is 0.201 e. The van der Waals surface area contributed by atoms with Crippen LogP contribution in [0.3, 0.4) is 0 Å². The zero-order chi connectivity index (χ0) is 12.1. The second kappa shape index (κ2) is 4.65. The van der Waals surface area contributed by atoms with Crippen molar-refractivity contribution in [2.75, 3.05) is 5.43 Å². The van der Waals surface area contributed by atoms with Crippen LogP contribution in [0.25, 0.3) is 0 Å². The Kier molecular flexibility index (Phi) is 3.29. The Balaban J connectivity index is 2.90. The van der Waals surface area contributed by atoms with Gasteiger partial charge in [0.15, 0.2) is 5.84 Å². The molecular formula is C9H9N5O2. The molecule has 0 aromatic heterocycles. The monoisotopic (exact) mass is 219 g/mol. The Morgan fingerprint density at radius 1 is 1.50 bits per heavy atom. The summed E-state index contributed by atoms with van der Waals surface area (Å²) in [5, 5.41) is 37.4. The summed E-state index contributed by atoms with van der Waals surface area (Å²) in [5.74, 6) is -0.808. The Morgan fingerprint density at radius 3 is 2.69 bits per heavy atom. The van der Waals surface area contributed by atoms with Crippen molar-refractivity contribution in [2.45, 2.75) is 0 Å². The molecular weight excluding hydrogens is 210 g/mol. The number of hydrazone groups is 1. The fourth-order valence-electron chi connectivity index (χ4n) is 0.876. The van der Waals surface area contributed by atoms with E-state index in [1.165, 1.54) is 12.1 Å². The van der Waals surface area contributed by atoms with Gasteiger partial charge in [0.2, 0.25) is 5.71 Å². The van der Waals surface area contributed by atoms with E-state index in [0.717, 1.165) is 6.07 Å². The number of nitrogens with one attached hydrogen (secondary N) is 2. The number of hydrogen-bond acceptors (Lipinski definition) is 6. The summed E-state index contributed by atoms with van der Waals surface area (Å²) < 4.78 is 0. The van der Waals surface area contributed by atoms with Gasteiger partial charge in [-0.1, -0.05) is 0 Å². The van der Waals surface area contributed by atoms with Gasteiger partial charge in [0, 0.05) is 6.07 Å². The van der Waals surface area contributed by atoms with Gasteiger partial charge in [-0.05, 0) is 12.1 Å². The number of rotatable bonds is 3. The molecule has 0 saturated heterocycles. The molecule has 0 heterocycles. The molecule has 1 rings (SSSR count). The van der Waals surface area contributed by atoms with Gasteiger partial charge in [0.1, 0.15) is 17.6 Å². The number of nitriles is 1. The molecule has 0 saturated carbocycles. The number of amidine groups is 1. The molecule has 6 N–H and O–H groups in total. The number of aromatic hydroxyl groups is 2. The lowest BCUT2D eigenvalue weighted by Gasteiger charge is -2.04. The van der Waals surface area contributed by atoms with Gasteiger partial charge in [0.05, 0.1) is 5.69 Å². The molecule has 0 bridgehead atoms.